The molecule has 7 heteroatoms. The molecule has 0 N–H and O–H groups in total. The van der Waals surface area contributed by atoms with Gasteiger partial charge < -0.3 is 4.74 Å². The predicted octanol–water partition coefficient (Wildman–Crippen LogP) is 6.39. The minimum absolute atomic E-state index is 0.365. The molecule has 3 aromatic carbocycles. The fourth-order valence-corrected chi connectivity index (χ4v) is 5.02. The van der Waals surface area contributed by atoms with Crippen LogP contribution in [0, 0.1) is 6.92 Å². The number of fused-ring (bicyclic) bond motifs is 1. The Hall–Kier alpha value is -3.32. The van der Waals surface area contributed by atoms with Crippen molar-refractivity contribution in [3.63, 3.8) is 0 Å². The summed E-state index contributed by atoms with van der Waals surface area (Å²) >= 11 is 1.58. The second-order valence-corrected chi connectivity index (χ2v) is 8.77. The van der Waals surface area contributed by atoms with Crippen molar-refractivity contribution in [1.82, 2.24) is 4.98 Å². The molecule has 5 rings (SSSR count). The van der Waals surface area contributed by atoms with Gasteiger partial charge in [0.1, 0.15) is 16.8 Å². The van der Waals surface area contributed by atoms with Crippen molar-refractivity contribution in [2.45, 2.75) is 25.8 Å². The molecule has 4 nitrogen and oxygen atoms in total. The summed E-state index contributed by atoms with van der Waals surface area (Å²) in [5.41, 5.74) is 3.77. The van der Waals surface area contributed by atoms with E-state index in [9.17, 15) is 13.6 Å². The van der Waals surface area contributed by atoms with Gasteiger partial charge in [-0.2, -0.15) is 8.78 Å². The summed E-state index contributed by atoms with van der Waals surface area (Å²) in [6, 6.07) is 18.2. The molecule has 1 aliphatic heterocycles. The summed E-state index contributed by atoms with van der Waals surface area (Å²) in [7, 11) is 0. The van der Waals surface area contributed by atoms with Crippen LogP contribution in [0.2, 0.25) is 0 Å². The molecule has 32 heavy (non-hydrogen) atoms. The maximum atomic E-state index is 14.5. The summed E-state index contributed by atoms with van der Waals surface area (Å²) in [5.74, 6) is -4.04. The third-order valence-electron chi connectivity index (χ3n) is 5.55. The Balaban J connectivity index is 1.44. The van der Waals surface area contributed by atoms with Crippen LogP contribution in [-0.2, 0) is 4.79 Å². The van der Waals surface area contributed by atoms with Crippen LogP contribution in [0.15, 0.2) is 66.7 Å². The van der Waals surface area contributed by atoms with Gasteiger partial charge >= 0.3 is 11.8 Å². The molecular formula is C25H20F2N2O2S. The molecular weight excluding hydrogens is 430 g/mol. The van der Waals surface area contributed by atoms with Gasteiger partial charge in [-0.3, -0.25) is 9.69 Å². The molecule has 4 aromatic rings. The number of halogens is 2. The number of amides is 1. The van der Waals surface area contributed by atoms with E-state index in [1.54, 1.807) is 47.7 Å². The molecule has 1 atom stereocenters. The molecule has 1 fully saturated rings. The molecule has 1 aliphatic rings. The topological polar surface area (TPSA) is 42.4 Å². The number of thiazole rings is 1. The number of benzene rings is 3. The van der Waals surface area contributed by atoms with Gasteiger partial charge in [0.15, 0.2) is 0 Å². The normalized spacial score (nSPS) is 17.4. The number of hydrogen-bond acceptors (Lipinski definition) is 4. The van der Waals surface area contributed by atoms with E-state index >= 15 is 0 Å². The monoisotopic (exact) mass is 450 g/mol. The number of nitrogens with zero attached hydrogens (tertiary/aromatic N) is 2. The highest BCUT2D eigenvalue weighted by atomic mass is 32.1. The summed E-state index contributed by atoms with van der Waals surface area (Å²) in [6.45, 7) is 4.38. The van der Waals surface area contributed by atoms with Crippen LogP contribution in [0.25, 0.3) is 20.8 Å². The molecule has 1 amide bonds. The Labute approximate surface area is 188 Å². The Bertz CT molecular complexity index is 1300. The number of carbonyl (C=O) groups is 1. The van der Waals surface area contributed by atoms with E-state index < -0.39 is 17.9 Å². The van der Waals surface area contributed by atoms with E-state index in [-0.39, 0.29) is 0 Å². The van der Waals surface area contributed by atoms with Gasteiger partial charge in [0.05, 0.1) is 16.8 Å². The molecule has 1 aromatic heterocycles. The summed E-state index contributed by atoms with van der Waals surface area (Å²) < 4.78 is 35.5. The van der Waals surface area contributed by atoms with Crippen molar-refractivity contribution < 1.29 is 18.3 Å². The van der Waals surface area contributed by atoms with Crippen molar-refractivity contribution in [3.05, 3.63) is 77.9 Å². The van der Waals surface area contributed by atoms with Gasteiger partial charge in [0, 0.05) is 11.3 Å². The molecule has 1 saturated heterocycles. The zero-order valence-electron chi connectivity index (χ0n) is 17.5. The van der Waals surface area contributed by atoms with Gasteiger partial charge in [-0.05, 0) is 73.5 Å². The fourth-order valence-electron chi connectivity index (χ4n) is 3.95. The number of aromatic nitrogens is 1. The molecule has 0 saturated carbocycles. The lowest BCUT2D eigenvalue weighted by atomic mass is 9.88. The van der Waals surface area contributed by atoms with Gasteiger partial charge in [-0.15, -0.1) is 11.3 Å². The zero-order chi connectivity index (χ0) is 22.5. The van der Waals surface area contributed by atoms with Crippen LogP contribution in [0.1, 0.15) is 24.1 Å². The standard InChI is InChI=1S/C25H20F2N2O2S/c1-3-31-19-11-7-16(8-12-19)22-25(26,27)24(30)29(22)18-9-5-17(6-10-18)23-28-20-13-4-15(2)14-21(20)32-23/h4-14,22H,3H2,1-2H3. The van der Waals surface area contributed by atoms with E-state index in [0.29, 0.717) is 23.6 Å². The van der Waals surface area contributed by atoms with Gasteiger partial charge in [0.2, 0.25) is 0 Å². The van der Waals surface area contributed by atoms with Crippen LogP contribution in [-0.4, -0.2) is 23.4 Å². The highest BCUT2D eigenvalue weighted by Crippen LogP contribution is 2.50. The van der Waals surface area contributed by atoms with E-state index in [4.69, 9.17) is 4.74 Å². The second-order valence-electron chi connectivity index (χ2n) is 7.74. The average molecular weight is 451 g/mol. The molecule has 0 radical (unpaired) electrons. The second kappa shape index (κ2) is 7.67. The average Bonchev–Trinajstić information content (AvgIpc) is 3.21. The first-order chi connectivity index (χ1) is 15.4. The molecule has 0 bridgehead atoms. The maximum absolute atomic E-state index is 14.5. The SMILES string of the molecule is CCOc1ccc(C2N(c3ccc(-c4nc5ccc(C)cc5s4)cc3)C(=O)C2(F)F)cc1. The smallest absolute Gasteiger partial charge is 0.349 e. The fraction of sp³-hybridized carbons (Fsp3) is 0.200. The van der Waals surface area contributed by atoms with E-state index in [1.165, 1.54) is 5.56 Å². The first-order valence-corrected chi connectivity index (χ1v) is 11.1. The Morgan fingerprint density at radius 3 is 2.47 bits per heavy atom. The largest absolute Gasteiger partial charge is 0.494 e. The minimum atomic E-state index is -3.45. The first kappa shape index (κ1) is 20.6. The number of rotatable bonds is 5. The van der Waals surface area contributed by atoms with Crippen molar-refractivity contribution in [1.29, 1.82) is 0 Å². The molecule has 0 spiro atoms. The van der Waals surface area contributed by atoms with Crippen molar-refractivity contribution in [2.75, 3.05) is 11.5 Å². The van der Waals surface area contributed by atoms with Gasteiger partial charge in [-0.25, -0.2) is 4.98 Å². The number of carbonyl (C=O) groups excluding carboxylic acids is 1. The van der Waals surface area contributed by atoms with Gasteiger partial charge in [-0.1, -0.05) is 18.2 Å². The van der Waals surface area contributed by atoms with Crippen LogP contribution in [0.3, 0.4) is 0 Å². The number of β-lactam (4-membered cyclic amide) rings is 1. The van der Waals surface area contributed by atoms with Crippen molar-refractivity contribution in [2.24, 2.45) is 0 Å². The van der Waals surface area contributed by atoms with E-state index in [2.05, 4.69) is 11.1 Å². The number of aryl methyl sites for hydroxylation is 1. The first-order valence-electron chi connectivity index (χ1n) is 10.3. The maximum Gasteiger partial charge on any atom is 0.349 e. The molecule has 2 heterocycles. The van der Waals surface area contributed by atoms with Gasteiger partial charge in [0.25, 0.3) is 0 Å². The number of anilines is 1. The highest BCUT2D eigenvalue weighted by molar-refractivity contribution is 7.21. The third-order valence-corrected chi connectivity index (χ3v) is 6.62. The lowest BCUT2D eigenvalue weighted by Gasteiger charge is -2.46. The Morgan fingerprint density at radius 2 is 1.78 bits per heavy atom. The number of alkyl halides is 2. The van der Waals surface area contributed by atoms with Crippen LogP contribution in [0.5, 0.6) is 5.75 Å². The third kappa shape index (κ3) is 3.33. The molecule has 162 valence electrons. The molecule has 1 unspecified atom stereocenters. The Kier molecular flexibility index (Phi) is 4.93. The van der Waals surface area contributed by atoms with Crippen LogP contribution < -0.4 is 9.64 Å². The quantitative estimate of drug-likeness (QED) is 0.331. The highest BCUT2D eigenvalue weighted by Gasteiger charge is 2.64. The number of hydrogen-bond donors (Lipinski definition) is 0. The van der Waals surface area contributed by atoms with Crippen LogP contribution >= 0.6 is 11.3 Å². The summed E-state index contributed by atoms with van der Waals surface area (Å²) in [4.78, 5) is 18.1. The lowest BCUT2D eigenvalue weighted by molar-refractivity contribution is -0.162. The van der Waals surface area contributed by atoms with Crippen molar-refractivity contribution in [3.8, 4) is 16.3 Å². The Morgan fingerprint density at radius 1 is 1.06 bits per heavy atom. The predicted molar refractivity (Wildman–Crippen MR) is 123 cm³/mol. The van der Waals surface area contributed by atoms with E-state index in [0.717, 1.165) is 25.7 Å². The van der Waals surface area contributed by atoms with Crippen LogP contribution in [0.4, 0.5) is 14.5 Å². The van der Waals surface area contributed by atoms with Crippen molar-refractivity contribution >= 4 is 33.1 Å². The summed E-state index contributed by atoms with van der Waals surface area (Å²) in [5, 5.41) is 0.848. The molecule has 0 aliphatic carbocycles. The zero-order valence-corrected chi connectivity index (χ0v) is 18.3. The summed E-state index contributed by atoms with van der Waals surface area (Å²) in [6.07, 6.45) is 0. The van der Waals surface area contributed by atoms with E-state index in [1.807, 2.05) is 38.1 Å². The minimum Gasteiger partial charge on any atom is -0.494 e. The number of ether oxygens (including phenoxy) is 1. The lowest BCUT2D eigenvalue weighted by Crippen LogP contribution is -2.64.